The Morgan fingerprint density at radius 3 is 2.40 bits per heavy atom. The highest BCUT2D eigenvalue weighted by Crippen LogP contribution is 2.31. The maximum absolute atomic E-state index is 13.4. The highest BCUT2D eigenvalue weighted by molar-refractivity contribution is 9.10. The van der Waals surface area contributed by atoms with E-state index in [2.05, 4.69) is 48.9 Å². The van der Waals surface area contributed by atoms with E-state index in [0.29, 0.717) is 34.3 Å². The molecule has 2 amide bonds. The van der Waals surface area contributed by atoms with Gasteiger partial charge in [0.05, 0.1) is 4.47 Å². The van der Waals surface area contributed by atoms with Crippen LogP contribution in [-0.2, 0) is 21.5 Å². The molecule has 0 heterocycles. The molecule has 2 rings (SSSR count). The molecule has 35 heavy (non-hydrogen) atoms. The molecule has 192 valence electrons. The summed E-state index contributed by atoms with van der Waals surface area (Å²) in [5.74, 6) is 0.0756. The van der Waals surface area contributed by atoms with E-state index in [9.17, 15) is 9.59 Å². The van der Waals surface area contributed by atoms with Crippen LogP contribution in [0, 0.1) is 0 Å². The molecule has 8 heteroatoms. The van der Waals surface area contributed by atoms with Crippen molar-refractivity contribution in [2.45, 2.75) is 71.9 Å². The molecule has 0 aliphatic carbocycles. The third kappa shape index (κ3) is 8.69. The van der Waals surface area contributed by atoms with E-state index >= 15 is 0 Å². The summed E-state index contributed by atoms with van der Waals surface area (Å²) in [4.78, 5) is 27.9. The van der Waals surface area contributed by atoms with Crippen molar-refractivity contribution >= 4 is 50.9 Å². The number of nitrogens with one attached hydrogen (secondary N) is 1. The van der Waals surface area contributed by atoms with E-state index in [4.69, 9.17) is 27.9 Å². The third-order valence-electron chi connectivity index (χ3n) is 5.72. The molecule has 0 bridgehead atoms. The zero-order chi connectivity index (χ0) is 26.2. The van der Waals surface area contributed by atoms with Crippen molar-refractivity contribution in [3.63, 3.8) is 0 Å². The maximum Gasteiger partial charge on any atom is 0.261 e. The number of unbranched alkanes of at least 4 members (excludes halogenated alkanes) is 1. The van der Waals surface area contributed by atoms with Crippen molar-refractivity contribution in [3.8, 4) is 5.75 Å². The molecule has 0 fully saturated rings. The lowest BCUT2D eigenvalue weighted by atomic mass is 9.87. The molecule has 0 spiro atoms. The largest absolute Gasteiger partial charge is 0.483 e. The number of halogens is 3. The van der Waals surface area contributed by atoms with Crippen LogP contribution < -0.4 is 10.1 Å². The molecule has 2 aromatic rings. The molecule has 0 aliphatic rings. The second-order valence-corrected chi connectivity index (χ2v) is 11.2. The number of benzene rings is 2. The van der Waals surface area contributed by atoms with Crippen LogP contribution in [0.15, 0.2) is 40.9 Å². The zero-order valence-electron chi connectivity index (χ0n) is 21.1. The molecular weight excluding hydrogens is 551 g/mol. The van der Waals surface area contributed by atoms with Crippen molar-refractivity contribution in [2.75, 3.05) is 13.2 Å². The molecule has 2 aromatic carbocycles. The van der Waals surface area contributed by atoms with E-state index in [1.165, 1.54) is 4.90 Å². The Kier molecular flexibility index (Phi) is 11.4. The van der Waals surface area contributed by atoms with Crippen LogP contribution in [0.25, 0.3) is 0 Å². The van der Waals surface area contributed by atoms with E-state index in [1.807, 2.05) is 25.1 Å². The number of ether oxygens (including phenoxy) is 1. The maximum atomic E-state index is 13.4. The highest BCUT2D eigenvalue weighted by Gasteiger charge is 2.29. The van der Waals surface area contributed by atoms with Gasteiger partial charge in [-0.05, 0) is 69.6 Å². The summed E-state index contributed by atoms with van der Waals surface area (Å²) in [7, 11) is 0. The number of amides is 2. The lowest BCUT2D eigenvalue weighted by Crippen LogP contribution is -2.50. The fourth-order valence-electron chi connectivity index (χ4n) is 3.57. The van der Waals surface area contributed by atoms with E-state index in [0.717, 1.165) is 22.9 Å². The molecule has 5 nitrogen and oxygen atoms in total. The van der Waals surface area contributed by atoms with Gasteiger partial charge in [0.1, 0.15) is 11.8 Å². The fraction of sp³-hybridized carbons (Fsp3) is 0.481. The topological polar surface area (TPSA) is 58.6 Å². The molecule has 0 saturated carbocycles. The Labute approximate surface area is 227 Å². The van der Waals surface area contributed by atoms with Crippen molar-refractivity contribution in [1.82, 2.24) is 10.2 Å². The van der Waals surface area contributed by atoms with Gasteiger partial charge in [-0.3, -0.25) is 9.59 Å². The summed E-state index contributed by atoms with van der Waals surface area (Å²) in [5.41, 5.74) is 1.85. The van der Waals surface area contributed by atoms with Crippen LogP contribution in [0.3, 0.4) is 0 Å². The molecule has 1 atom stereocenters. The lowest BCUT2D eigenvalue weighted by molar-refractivity contribution is -0.143. The molecule has 0 aromatic heterocycles. The fourth-order valence-corrected chi connectivity index (χ4v) is 4.53. The van der Waals surface area contributed by atoms with Crippen LogP contribution >= 0.6 is 39.1 Å². The Morgan fingerprint density at radius 2 is 1.83 bits per heavy atom. The third-order valence-corrected chi connectivity index (χ3v) is 6.93. The van der Waals surface area contributed by atoms with E-state index in [-0.39, 0.29) is 30.4 Å². The van der Waals surface area contributed by atoms with Crippen LogP contribution in [0.5, 0.6) is 5.75 Å². The van der Waals surface area contributed by atoms with E-state index in [1.54, 1.807) is 18.2 Å². The smallest absolute Gasteiger partial charge is 0.261 e. The second kappa shape index (κ2) is 13.5. The van der Waals surface area contributed by atoms with Gasteiger partial charge in [0.15, 0.2) is 6.61 Å². The Morgan fingerprint density at radius 1 is 1.11 bits per heavy atom. The monoisotopic (exact) mass is 584 g/mol. The Hall–Kier alpha value is -1.76. The Balaban J connectivity index is 2.25. The minimum Gasteiger partial charge on any atom is -0.483 e. The molecule has 1 N–H and O–H groups in total. The standard InChI is InChI=1S/C27H35BrCl2N2O3/c1-6-8-13-31-26(34)23(7-2)32(16-18-9-11-20(29)15-22(18)30)25(33)17-35-24-12-10-19(14-21(24)28)27(3,4)5/h9-12,14-15,23H,6-8,13,16-17H2,1-5H3,(H,31,34). The lowest BCUT2D eigenvalue weighted by Gasteiger charge is -2.31. The minimum atomic E-state index is -0.651. The molecule has 1 unspecified atom stereocenters. The predicted molar refractivity (Wildman–Crippen MR) is 147 cm³/mol. The van der Waals surface area contributed by atoms with Gasteiger partial charge in [-0.1, -0.05) is 76.4 Å². The average molecular weight is 586 g/mol. The van der Waals surface area contributed by atoms with Crippen molar-refractivity contribution in [2.24, 2.45) is 0 Å². The minimum absolute atomic E-state index is 0.00893. The van der Waals surface area contributed by atoms with Crippen LogP contribution in [0.4, 0.5) is 0 Å². The molecule has 0 aliphatic heterocycles. The number of hydrogen-bond acceptors (Lipinski definition) is 3. The number of hydrogen-bond donors (Lipinski definition) is 1. The van der Waals surface area contributed by atoms with E-state index < -0.39 is 6.04 Å². The highest BCUT2D eigenvalue weighted by atomic mass is 79.9. The zero-order valence-corrected chi connectivity index (χ0v) is 24.2. The molecule has 0 radical (unpaired) electrons. The van der Waals surface area contributed by atoms with Crippen molar-refractivity contribution in [3.05, 3.63) is 62.0 Å². The van der Waals surface area contributed by atoms with Gasteiger partial charge >= 0.3 is 0 Å². The quantitative estimate of drug-likeness (QED) is 0.285. The SMILES string of the molecule is CCCCNC(=O)C(CC)N(Cc1ccc(Cl)cc1Cl)C(=O)COc1ccc(C(C)(C)C)cc1Br. The number of carbonyl (C=O) groups is 2. The number of nitrogens with zero attached hydrogens (tertiary/aromatic N) is 1. The Bertz CT molecular complexity index is 1020. The molecule has 0 saturated heterocycles. The van der Waals surface area contributed by atoms with Gasteiger partial charge in [0.25, 0.3) is 5.91 Å². The second-order valence-electron chi connectivity index (χ2n) is 9.51. The first-order chi connectivity index (χ1) is 16.5. The van der Waals surface area contributed by atoms with Crippen molar-refractivity contribution < 1.29 is 14.3 Å². The van der Waals surface area contributed by atoms with Crippen LogP contribution in [0.2, 0.25) is 10.0 Å². The first kappa shape index (κ1) is 29.5. The number of rotatable bonds is 11. The normalized spacial score (nSPS) is 12.2. The average Bonchev–Trinajstić information content (AvgIpc) is 2.78. The van der Waals surface area contributed by atoms with Crippen LogP contribution in [-0.4, -0.2) is 35.9 Å². The van der Waals surface area contributed by atoms with Gasteiger partial charge in [-0.2, -0.15) is 0 Å². The summed E-state index contributed by atoms with van der Waals surface area (Å²) < 4.78 is 6.66. The number of carbonyl (C=O) groups excluding carboxylic acids is 2. The summed E-state index contributed by atoms with van der Waals surface area (Å²) in [6, 6.07) is 10.3. The van der Waals surface area contributed by atoms with Crippen molar-refractivity contribution in [1.29, 1.82) is 0 Å². The summed E-state index contributed by atoms with van der Waals surface area (Å²) in [6.45, 7) is 10.9. The van der Waals surface area contributed by atoms with Gasteiger partial charge in [-0.25, -0.2) is 0 Å². The van der Waals surface area contributed by atoms with Gasteiger partial charge in [-0.15, -0.1) is 0 Å². The van der Waals surface area contributed by atoms with Gasteiger partial charge in [0.2, 0.25) is 5.91 Å². The summed E-state index contributed by atoms with van der Waals surface area (Å²) >= 11 is 16.0. The summed E-state index contributed by atoms with van der Waals surface area (Å²) in [6.07, 6.45) is 2.30. The first-order valence-corrected chi connectivity index (χ1v) is 13.5. The molecular formula is C27H35BrCl2N2O3. The van der Waals surface area contributed by atoms with Gasteiger partial charge < -0.3 is 15.0 Å². The van der Waals surface area contributed by atoms with Gasteiger partial charge in [0, 0.05) is 23.1 Å². The van der Waals surface area contributed by atoms with Crippen LogP contribution in [0.1, 0.15) is 65.0 Å². The first-order valence-electron chi connectivity index (χ1n) is 11.9. The predicted octanol–water partition coefficient (Wildman–Crippen LogP) is 7.16. The summed E-state index contributed by atoms with van der Waals surface area (Å²) in [5, 5.41) is 3.90.